The minimum Gasteiger partial charge on any atom is -0.479 e. The zero-order chi connectivity index (χ0) is 15.4. The molecule has 2 N–H and O–H groups in total. The topological polar surface area (TPSA) is 78.9 Å². The van der Waals surface area contributed by atoms with Crippen LogP contribution >= 0.6 is 0 Å². The van der Waals surface area contributed by atoms with Crippen molar-refractivity contribution in [2.75, 3.05) is 19.7 Å². The van der Waals surface area contributed by atoms with Gasteiger partial charge in [-0.25, -0.2) is 18.4 Å². The van der Waals surface area contributed by atoms with Crippen molar-refractivity contribution in [2.24, 2.45) is 0 Å². The molecule has 1 unspecified atom stereocenters. The van der Waals surface area contributed by atoms with Crippen molar-refractivity contribution in [3.63, 3.8) is 0 Å². The Morgan fingerprint density at radius 1 is 1.38 bits per heavy atom. The van der Waals surface area contributed by atoms with Gasteiger partial charge in [-0.05, 0) is 17.7 Å². The molecule has 21 heavy (non-hydrogen) atoms. The second kappa shape index (κ2) is 6.49. The maximum Gasteiger partial charge on any atom is 0.334 e. The molecule has 1 aliphatic rings. The summed E-state index contributed by atoms with van der Waals surface area (Å²) in [6, 6.07) is 2.85. The van der Waals surface area contributed by atoms with Crippen LogP contribution in [0.4, 0.5) is 13.6 Å². The van der Waals surface area contributed by atoms with Crippen LogP contribution < -0.4 is 5.32 Å². The first-order valence-corrected chi connectivity index (χ1v) is 6.28. The van der Waals surface area contributed by atoms with E-state index in [9.17, 15) is 18.4 Å². The number of rotatable bonds is 3. The van der Waals surface area contributed by atoms with Crippen LogP contribution in [0, 0.1) is 11.6 Å². The predicted octanol–water partition coefficient (Wildman–Crippen LogP) is 0.960. The van der Waals surface area contributed by atoms with E-state index < -0.39 is 29.7 Å². The van der Waals surface area contributed by atoms with E-state index in [1.54, 1.807) is 0 Å². The molecule has 8 heteroatoms. The quantitative estimate of drug-likeness (QED) is 0.871. The number of benzene rings is 1. The van der Waals surface area contributed by atoms with Gasteiger partial charge < -0.3 is 20.1 Å². The van der Waals surface area contributed by atoms with E-state index in [0.717, 1.165) is 12.1 Å². The fourth-order valence-corrected chi connectivity index (χ4v) is 1.92. The number of carbonyl (C=O) groups excluding carboxylic acids is 1. The van der Waals surface area contributed by atoms with E-state index >= 15 is 0 Å². The third-order valence-corrected chi connectivity index (χ3v) is 3.06. The van der Waals surface area contributed by atoms with Crippen LogP contribution in [0.3, 0.4) is 0 Å². The number of urea groups is 1. The summed E-state index contributed by atoms with van der Waals surface area (Å²) in [6.45, 7) is 0.368. The Morgan fingerprint density at radius 2 is 2.14 bits per heavy atom. The average molecular weight is 300 g/mol. The molecule has 0 saturated carbocycles. The fourth-order valence-electron chi connectivity index (χ4n) is 1.92. The number of ether oxygens (including phenoxy) is 1. The lowest BCUT2D eigenvalue weighted by Gasteiger charge is -2.30. The van der Waals surface area contributed by atoms with E-state index in [1.165, 1.54) is 11.0 Å². The molecule has 1 aliphatic heterocycles. The van der Waals surface area contributed by atoms with Crippen LogP contribution in [0.15, 0.2) is 18.2 Å². The highest BCUT2D eigenvalue weighted by Gasteiger charge is 2.28. The number of nitrogens with zero attached hydrogens (tertiary/aromatic N) is 1. The van der Waals surface area contributed by atoms with Gasteiger partial charge in [-0.3, -0.25) is 0 Å². The molecule has 1 fully saturated rings. The molecule has 1 heterocycles. The Balaban J connectivity index is 1.89. The van der Waals surface area contributed by atoms with Crippen molar-refractivity contribution >= 4 is 12.0 Å². The lowest BCUT2D eigenvalue weighted by atomic mass is 10.2. The molecule has 1 saturated heterocycles. The molecule has 1 atom stereocenters. The molecule has 1 aromatic carbocycles. The van der Waals surface area contributed by atoms with Gasteiger partial charge in [0.05, 0.1) is 13.2 Å². The summed E-state index contributed by atoms with van der Waals surface area (Å²) >= 11 is 0. The fraction of sp³-hybridized carbons (Fsp3) is 0.385. The van der Waals surface area contributed by atoms with E-state index in [1.807, 2.05) is 0 Å². The Morgan fingerprint density at radius 3 is 2.81 bits per heavy atom. The third-order valence-electron chi connectivity index (χ3n) is 3.06. The molecule has 2 amide bonds. The number of morpholine rings is 1. The molecule has 0 radical (unpaired) electrons. The number of carboxylic acid groups (broad SMARTS) is 1. The molecule has 1 aromatic rings. The van der Waals surface area contributed by atoms with Crippen molar-refractivity contribution in [2.45, 2.75) is 12.6 Å². The summed E-state index contributed by atoms with van der Waals surface area (Å²) in [5.41, 5.74) is 0.408. The van der Waals surface area contributed by atoms with Gasteiger partial charge in [0.15, 0.2) is 17.7 Å². The normalized spacial score (nSPS) is 18.4. The van der Waals surface area contributed by atoms with E-state index in [-0.39, 0.29) is 26.2 Å². The molecule has 0 spiro atoms. The molecule has 0 bridgehead atoms. The zero-order valence-electron chi connectivity index (χ0n) is 11.0. The van der Waals surface area contributed by atoms with Gasteiger partial charge in [0.1, 0.15) is 0 Å². The molecule has 0 aliphatic carbocycles. The highest BCUT2D eigenvalue weighted by Crippen LogP contribution is 2.09. The minimum absolute atomic E-state index is 0.0190. The lowest BCUT2D eigenvalue weighted by Crippen LogP contribution is -2.51. The number of amides is 2. The highest BCUT2D eigenvalue weighted by atomic mass is 19.2. The summed E-state index contributed by atoms with van der Waals surface area (Å²) in [4.78, 5) is 24.0. The highest BCUT2D eigenvalue weighted by molar-refractivity contribution is 5.77. The average Bonchev–Trinajstić information content (AvgIpc) is 2.48. The van der Waals surface area contributed by atoms with Gasteiger partial charge >= 0.3 is 12.0 Å². The Hall–Kier alpha value is -2.22. The van der Waals surface area contributed by atoms with Crippen molar-refractivity contribution in [1.82, 2.24) is 10.2 Å². The van der Waals surface area contributed by atoms with Crippen LogP contribution in [0.25, 0.3) is 0 Å². The molecule has 0 aromatic heterocycles. The van der Waals surface area contributed by atoms with Crippen molar-refractivity contribution in [3.05, 3.63) is 35.4 Å². The van der Waals surface area contributed by atoms with E-state index in [4.69, 9.17) is 9.84 Å². The number of aliphatic carboxylic acids is 1. The summed E-state index contributed by atoms with van der Waals surface area (Å²) in [6.07, 6.45) is -1.05. The summed E-state index contributed by atoms with van der Waals surface area (Å²) in [5, 5.41) is 11.4. The number of halogens is 2. The first-order chi connectivity index (χ1) is 9.97. The molecule has 114 valence electrons. The maximum absolute atomic E-state index is 13.0. The van der Waals surface area contributed by atoms with Gasteiger partial charge in [-0.1, -0.05) is 6.07 Å². The largest absolute Gasteiger partial charge is 0.479 e. The second-order valence-electron chi connectivity index (χ2n) is 4.55. The molecule has 2 rings (SSSR count). The first kappa shape index (κ1) is 15.2. The van der Waals surface area contributed by atoms with E-state index in [2.05, 4.69) is 5.32 Å². The van der Waals surface area contributed by atoms with Crippen LogP contribution in [0.2, 0.25) is 0 Å². The molecule has 6 nitrogen and oxygen atoms in total. The van der Waals surface area contributed by atoms with Crippen LogP contribution in [0.1, 0.15) is 5.56 Å². The Kier molecular flexibility index (Phi) is 4.69. The number of hydrogen-bond acceptors (Lipinski definition) is 3. The zero-order valence-corrected chi connectivity index (χ0v) is 11.0. The van der Waals surface area contributed by atoms with Gasteiger partial charge in [0.2, 0.25) is 0 Å². The predicted molar refractivity (Wildman–Crippen MR) is 67.5 cm³/mol. The molecular weight excluding hydrogens is 286 g/mol. The number of carboxylic acids is 1. The number of nitrogens with one attached hydrogen (secondary N) is 1. The monoisotopic (exact) mass is 300 g/mol. The minimum atomic E-state index is -1.13. The van der Waals surface area contributed by atoms with Gasteiger partial charge in [0.25, 0.3) is 0 Å². The third kappa shape index (κ3) is 3.88. The van der Waals surface area contributed by atoms with E-state index in [0.29, 0.717) is 5.56 Å². The SMILES string of the molecule is O=C(O)C1CN(C(=O)NCc2ccc(F)c(F)c2)CCO1. The number of hydrogen-bond donors (Lipinski definition) is 2. The van der Waals surface area contributed by atoms with Crippen molar-refractivity contribution in [1.29, 1.82) is 0 Å². The van der Waals surface area contributed by atoms with Crippen molar-refractivity contribution < 1.29 is 28.2 Å². The van der Waals surface area contributed by atoms with Crippen molar-refractivity contribution in [3.8, 4) is 0 Å². The summed E-state index contributed by atoms with van der Waals surface area (Å²) < 4.78 is 30.8. The van der Waals surface area contributed by atoms with Gasteiger partial charge in [-0.2, -0.15) is 0 Å². The van der Waals surface area contributed by atoms with Crippen LogP contribution in [-0.2, 0) is 16.1 Å². The Bertz CT molecular complexity index is 553. The standard InChI is InChI=1S/C13H14F2N2O4/c14-9-2-1-8(5-10(9)15)6-16-13(20)17-3-4-21-11(7-17)12(18)19/h1-2,5,11H,3-4,6-7H2,(H,16,20)(H,18,19). The van der Waals surface area contributed by atoms with Crippen LogP contribution in [-0.4, -0.2) is 47.8 Å². The lowest BCUT2D eigenvalue weighted by molar-refractivity contribution is -0.154. The second-order valence-corrected chi connectivity index (χ2v) is 4.55. The smallest absolute Gasteiger partial charge is 0.334 e. The van der Waals surface area contributed by atoms with Gasteiger partial charge in [-0.15, -0.1) is 0 Å². The summed E-state index contributed by atoms with van der Waals surface area (Å²) in [7, 11) is 0. The number of carbonyl (C=O) groups is 2. The van der Waals surface area contributed by atoms with Crippen LogP contribution in [0.5, 0.6) is 0 Å². The summed E-state index contributed by atoms with van der Waals surface area (Å²) in [5.74, 6) is -3.07. The maximum atomic E-state index is 13.0. The first-order valence-electron chi connectivity index (χ1n) is 6.28. The van der Waals surface area contributed by atoms with Gasteiger partial charge in [0, 0.05) is 13.1 Å². The molecular formula is C13H14F2N2O4. The Labute approximate surface area is 119 Å².